The van der Waals surface area contributed by atoms with E-state index in [1.807, 2.05) is 0 Å². The summed E-state index contributed by atoms with van der Waals surface area (Å²) in [5.74, 6) is 0.634. The molecule has 1 aliphatic heterocycles. The molecule has 20 heavy (non-hydrogen) atoms. The highest BCUT2D eigenvalue weighted by Gasteiger charge is 2.18. The molecule has 0 aliphatic carbocycles. The fourth-order valence-electron chi connectivity index (χ4n) is 2.38. The molecule has 5 nitrogen and oxygen atoms in total. The van der Waals surface area contributed by atoms with Crippen LogP contribution in [0.1, 0.15) is 26.2 Å². The zero-order valence-corrected chi connectivity index (χ0v) is 14.1. The maximum absolute atomic E-state index is 11.5. The van der Waals surface area contributed by atoms with Crippen molar-refractivity contribution in [2.24, 2.45) is 11.7 Å². The lowest BCUT2D eigenvalue weighted by Crippen LogP contribution is -2.44. The van der Waals surface area contributed by atoms with Gasteiger partial charge in [0.2, 0.25) is 5.91 Å². The average Bonchev–Trinajstić information content (AvgIpc) is 2.39. The van der Waals surface area contributed by atoms with Gasteiger partial charge in [-0.1, -0.05) is 6.92 Å². The van der Waals surface area contributed by atoms with Crippen LogP contribution in [-0.4, -0.2) is 56.7 Å². The smallest absolute Gasteiger partial charge is 0.239 e. The number of carbonyl (C=O) groups excluding carboxylic acids is 1. The number of hydrogen-bond donors (Lipinski definition) is 2. The van der Waals surface area contributed by atoms with Gasteiger partial charge in [0, 0.05) is 13.7 Å². The zero-order valence-electron chi connectivity index (χ0n) is 12.5. The minimum Gasteiger partial charge on any atom is -0.383 e. The summed E-state index contributed by atoms with van der Waals surface area (Å²) < 4.78 is 4.85. The van der Waals surface area contributed by atoms with E-state index in [1.54, 1.807) is 7.11 Å². The maximum Gasteiger partial charge on any atom is 0.239 e. The van der Waals surface area contributed by atoms with Crippen LogP contribution in [0.5, 0.6) is 0 Å². The lowest BCUT2D eigenvalue weighted by atomic mass is 9.93. The van der Waals surface area contributed by atoms with Crippen molar-refractivity contribution in [3.8, 4) is 0 Å². The second-order valence-electron chi connectivity index (χ2n) is 5.02. The van der Waals surface area contributed by atoms with E-state index < -0.39 is 6.04 Å². The third-order valence-electron chi connectivity index (χ3n) is 3.69. The lowest BCUT2D eigenvalue weighted by Gasteiger charge is -2.31. The predicted octanol–water partition coefficient (Wildman–Crippen LogP) is 1.04. The molecule has 0 aromatic rings. The molecule has 0 spiro atoms. The first-order chi connectivity index (χ1) is 8.67. The molecule has 0 radical (unpaired) electrons. The van der Waals surface area contributed by atoms with Crippen LogP contribution < -0.4 is 11.1 Å². The molecule has 1 saturated heterocycles. The summed E-state index contributed by atoms with van der Waals surface area (Å²) in [6, 6.07) is -0.545. The predicted molar refractivity (Wildman–Crippen MR) is 86.8 cm³/mol. The van der Waals surface area contributed by atoms with Crippen LogP contribution in [-0.2, 0) is 9.53 Å². The summed E-state index contributed by atoms with van der Waals surface area (Å²) in [6.07, 6.45) is 3.55. The van der Waals surface area contributed by atoms with Crippen molar-refractivity contribution in [3.05, 3.63) is 0 Å². The Kier molecular flexibility index (Phi) is 14.1. The number of methoxy groups -OCH3 is 1. The summed E-state index contributed by atoms with van der Waals surface area (Å²) in [5, 5.41) is 2.88. The van der Waals surface area contributed by atoms with E-state index in [0.29, 0.717) is 0 Å². The third-order valence-corrected chi connectivity index (χ3v) is 3.69. The average molecular weight is 330 g/mol. The number of carbonyl (C=O) groups is 1. The highest BCUT2D eigenvalue weighted by molar-refractivity contribution is 5.85. The van der Waals surface area contributed by atoms with Crippen molar-refractivity contribution in [2.45, 2.75) is 32.2 Å². The number of nitrogens with two attached hydrogens (primary N) is 1. The largest absolute Gasteiger partial charge is 0.383 e. The number of likely N-dealkylation sites (tertiary alicyclic amines) is 1. The molecule has 1 heterocycles. The molecule has 122 valence electrons. The quantitative estimate of drug-likeness (QED) is 0.732. The number of ether oxygens (including phenoxy) is 1. The van der Waals surface area contributed by atoms with Crippen LogP contribution in [0.15, 0.2) is 0 Å². The first kappa shape index (κ1) is 22.2. The Bertz CT molecular complexity index is 250. The molecule has 3 N–H and O–H groups in total. The second kappa shape index (κ2) is 12.7. The second-order valence-corrected chi connectivity index (χ2v) is 5.02. The lowest BCUT2D eigenvalue weighted by molar-refractivity contribution is -0.123. The van der Waals surface area contributed by atoms with Gasteiger partial charge in [0.25, 0.3) is 0 Å². The van der Waals surface area contributed by atoms with Crippen molar-refractivity contribution >= 4 is 30.7 Å². The van der Waals surface area contributed by atoms with Gasteiger partial charge in [-0.2, -0.15) is 0 Å². The Morgan fingerprint density at radius 1 is 1.40 bits per heavy atom. The summed E-state index contributed by atoms with van der Waals surface area (Å²) in [5.41, 5.74) is 5.64. The molecule has 1 unspecified atom stereocenters. The molecular formula is C13H29Cl2N3O2. The molecule has 1 fully saturated rings. The Hall–Kier alpha value is -0.0700. The van der Waals surface area contributed by atoms with E-state index in [9.17, 15) is 4.79 Å². The van der Waals surface area contributed by atoms with Crippen molar-refractivity contribution in [1.29, 1.82) is 0 Å². The zero-order chi connectivity index (χ0) is 13.4. The summed E-state index contributed by atoms with van der Waals surface area (Å²) in [7, 11) is 1.55. The molecule has 0 aromatic heterocycles. The number of rotatable bonds is 7. The van der Waals surface area contributed by atoms with Gasteiger partial charge in [0.1, 0.15) is 6.04 Å². The van der Waals surface area contributed by atoms with Gasteiger partial charge in [0.05, 0.1) is 6.61 Å². The number of hydrogen-bond acceptors (Lipinski definition) is 4. The topological polar surface area (TPSA) is 67.6 Å². The van der Waals surface area contributed by atoms with Gasteiger partial charge in [-0.15, -0.1) is 24.8 Å². The number of nitrogens with one attached hydrogen (secondary N) is 1. The van der Waals surface area contributed by atoms with E-state index in [0.717, 1.165) is 25.4 Å². The minimum atomic E-state index is -0.545. The molecule has 1 amide bonds. The molecule has 0 saturated carbocycles. The maximum atomic E-state index is 11.5. The molecule has 1 aliphatic rings. The van der Waals surface area contributed by atoms with Gasteiger partial charge < -0.3 is 20.7 Å². The van der Waals surface area contributed by atoms with Crippen LogP contribution in [0.3, 0.4) is 0 Å². The molecular weight excluding hydrogens is 301 g/mol. The fourth-order valence-corrected chi connectivity index (χ4v) is 2.38. The Labute approximate surface area is 134 Å². The molecule has 0 bridgehead atoms. The van der Waals surface area contributed by atoms with Crippen LogP contribution in [0, 0.1) is 5.92 Å². The van der Waals surface area contributed by atoms with E-state index in [1.165, 1.54) is 25.9 Å². The molecule has 1 atom stereocenters. The summed E-state index contributed by atoms with van der Waals surface area (Å²) in [6.45, 7) is 6.75. The third kappa shape index (κ3) is 8.27. The van der Waals surface area contributed by atoms with E-state index in [-0.39, 0.29) is 37.3 Å². The number of nitrogens with zero attached hydrogens (tertiary/aromatic N) is 1. The van der Waals surface area contributed by atoms with Gasteiger partial charge in [0.15, 0.2) is 0 Å². The first-order valence-corrected chi connectivity index (χ1v) is 6.92. The van der Waals surface area contributed by atoms with Gasteiger partial charge in [-0.05, 0) is 44.8 Å². The molecule has 1 rings (SSSR count). The van der Waals surface area contributed by atoms with Crippen LogP contribution in [0.2, 0.25) is 0 Å². The van der Waals surface area contributed by atoms with E-state index >= 15 is 0 Å². The van der Waals surface area contributed by atoms with E-state index in [4.69, 9.17) is 10.5 Å². The summed E-state index contributed by atoms with van der Waals surface area (Å²) >= 11 is 0. The normalized spacial score (nSPS) is 17.8. The Morgan fingerprint density at radius 2 is 2.00 bits per heavy atom. The van der Waals surface area contributed by atoms with Crippen molar-refractivity contribution in [1.82, 2.24) is 10.2 Å². The van der Waals surface area contributed by atoms with Crippen molar-refractivity contribution in [2.75, 3.05) is 39.9 Å². The van der Waals surface area contributed by atoms with Crippen molar-refractivity contribution < 1.29 is 9.53 Å². The van der Waals surface area contributed by atoms with Crippen LogP contribution in [0.25, 0.3) is 0 Å². The highest BCUT2D eigenvalue weighted by atomic mass is 35.5. The molecule has 0 aromatic carbocycles. The van der Waals surface area contributed by atoms with Gasteiger partial charge >= 0.3 is 0 Å². The molecule has 7 heteroatoms. The van der Waals surface area contributed by atoms with E-state index in [2.05, 4.69) is 17.1 Å². The van der Waals surface area contributed by atoms with Gasteiger partial charge in [-0.25, -0.2) is 0 Å². The monoisotopic (exact) mass is 329 g/mol. The Balaban J connectivity index is 0. The number of halogens is 2. The van der Waals surface area contributed by atoms with Crippen molar-refractivity contribution in [3.63, 3.8) is 0 Å². The SMILES string of the molecule is CCN1CCC(CCNC(=O)C(N)COC)CC1.Cl.Cl. The Morgan fingerprint density at radius 3 is 2.50 bits per heavy atom. The number of piperidine rings is 1. The van der Waals surface area contributed by atoms with Crippen LogP contribution in [0.4, 0.5) is 0 Å². The fraction of sp³-hybridized carbons (Fsp3) is 0.923. The summed E-state index contributed by atoms with van der Waals surface area (Å²) in [4.78, 5) is 14.0. The minimum absolute atomic E-state index is 0. The highest BCUT2D eigenvalue weighted by Crippen LogP contribution is 2.19. The standard InChI is InChI=1S/C13H27N3O2.2ClH/c1-3-16-8-5-11(6-9-16)4-7-15-13(17)12(14)10-18-2;;/h11-12H,3-10,14H2,1-2H3,(H,15,17);2*1H. The first-order valence-electron chi connectivity index (χ1n) is 6.92. The van der Waals surface area contributed by atoms with Gasteiger partial charge in [-0.3, -0.25) is 4.79 Å². The number of amides is 1. The van der Waals surface area contributed by atoms with Crippen LogP contribution >= 0.6 is 24.8 Å².